The van der Waals surface area contributed by atoms with Crippen molar-refractivity contribution < 1.29 is 13.5 Å². The lowest BCUT2D eigenvalue weighted by atomic mass is 10.1. The number of hydrogen-bond donors (Lipinski definition) is 2. The predicted molar refractivity (Wildman–Crippen MR) is 95.1 cm³/mol. The summed E-state index contributed by atoms with van der Waals surface area (Å²) >= 11 is 0. The van der Waals surface area contributed by atoms with Gasteiger partial charge in [0.15, 0.2) is 9.84 Å². The molecule has 0 bridgehead atoms. The molecule has 122 valence electrons. The molecule has 0 fully saturated rings. The van der Waals surface area contributed by atoms with Gasteiger partial charge < -0.3 is 10.4 Å². The van der Waals surface area contributed by atoms with Crippen LogP contribution in [0.1, 0.15) is 17.5 Å². The first-order valence-corrected chi connectivity index (χ1v) is 9.31. The van der Waals surface area contributed by atoms with Gasteiger partial charge >= 0.3 is 0 Å². The molecule has 0 spiro atoms. The number of aliphatic hydroxyl groups excluding tert-OH is 1. The number of rotatable bonds is 7. The van der Waals surface area contributed by atoms with Gasteiger partial charge in [0.2, 0.25) is 0 Å². The van der Waals surface area contributed by atoms with Crippen LogP contribution in [0.5, 0.6) is 0 Å². The fraction of sp³-hybridized carbons (Fsp3) is 0.222. The molecule has 2 N–H and O–H groups in total. The third kappa shape index (κ3) is 5.54. The minimum atomic E-state index is -3.15. The Hall–Kier alpha value is -2.11. The summed E-state index contributed by atoms with van der Waals surface area (Å²) in [7, 11) is -3.15. The third-order valence-electron chi connectivity index (χ3n) is 3.35. The Morgan fingerprint density at radius 2 is 1.48 bits per heavy atom. The van der Waals surface area contributed by atoms with E-state index in [0.29, 0.717) is 4.90 Å². The highest BCUT2D eigenvalue weighted by atomic mass is 32.2. The summed E-state index contributed by atoms with van der Waals surface area (Å²) in [6, 6.07) is 14.8. The molecular weight excluding hydrogens is 310 g/mol. The molecule has 4 nitrogen and oxygen atoms in total. The summed E-state index contributed by atoms with van der Waals surface area (Å²) in [5.41, 5.74) is 3.03. The Balaban J connectivity index is 1.99. The summed E-state index contributed by atoms with van der Waals surface area (Å²) in [6.07, 6.45) is 5.85. The largest absolute Gasteiger partial charge is 0.396 e. The second-order valence-electron chi connectivity index (χ2n) is 5.30. The van der Waals surface area contributed by atoms with Crippen molar-refractivity contribution >= 4 is 27.7 Å². The minimum absolute atomic E-state index is 0.186. The Kier molecular flexibility index (Phi) is 5.96. The van der Waals surface area contributed by atoms with Crippen LogP contribution in [0.15, 0.2) is 53.4 Å². The van der Waals surface area contributed by atoms with Gasteiger partial charge in [0.1, 0.15) is 0 Å². The van der Waals surface area contributed by atoms with Crippen LogP contribution in [-0.2, 0) is 9.84 Å². The van der Waals surface area contributed by atoms with E-state index in [4.69, 9.17) is 5.11 Å². The molecule has 0 aliphatic heterocycles. The van der Waals surface area contributed by atoms with Crippen LogP contribution in [0, 0.1) is 0 Å². The van der Waals surface area contributed by atoms with Crippen molar-refractivity contribution in [1.29, 1.82) is 0 Å². The molecule has 23 heavy (non-hydrogen) atoms. The maximum Gasteiger partial charge on any atom is 0.175 e. The zero-order valence-electron chi connectivity index (χ0n) is 13.1. The van der Waals surface area contributed by atoms with E-state index in [1.165, 1.54) is 6.26 Å². The number of nitrogens with one attached hydrogen (secondary N) is 1. The van der Waals surface area contributed by atoms with E-state index in [1.54, 1.807) is 24.3 Å². The van der Waals surface area contributed by atoms with E-state index >= 15 is 0 Å². The third-order valence-corrected chi connectivity index (χ3v) is 4.48. The van der Waals surface area contributed by atoms with Crippen LogP contribution in [0.4, 0.5) is 5.69 Å². The first-order chi connectivity index (χ1) is 11.0. The SMILES string of the molecule is CS(=O)(=O)c1ccc(C=Cc2ccc(NCCCO)cc2)cc1. The van der Waals surface area contributed by atoms with Gasteiger partial charge in [-0.25, -0.2) is 8.42 Å². The average Bonchev–Trinajstić information content (AvgIpc) is 2.54. The fourth-order valence-corrected chi connectivity index (χ4v) is 2.67. The summed E-state index contributed by atoms with van der Waals surface area (Å²) in [4.78, 5) is 0.327. The van der Waals surface area contributed by atoms with Gasteiger partial charge in [-0.05, 0) is 41.8 Å². The van der Waals surface area contributed by atoms with Gasteiger partial charge in [0.05, 0.1) is 4.90 Å². The summed E-state index contributed by atoms with van der Waals surface area (Å²) < 4.78 is 22.8. The molecular formula is C18H21NO3S. The van der Waals surface area contributed by atoms with Crippen LogP contribution in [0.25, 0.3) is 12.2 Å². The van der Waals surface area contributed by atoms with Crippen molar-refractivity contribution in [1.82, 2.24) is 0 Å². The van der Waals surface area contributed by atoms with Crippen LogP contribution in [0.3, 0.4) is 0 Å². The van der Waals surface area contributed by atoms with Crippen LogP contribution in [-0.4, -0.2) is 32.9 Å². The maximum atomic E-state index is 11.4. The molecule has 0 radical (unpaired) electrons. The lowest BCUT2D eigenvalue weighted by Crippen LogP contribution is -2.02. The Labute approximate surface area is 137 Å². The van der Waals surface area contributed by atoms with Gasteiger partial charge in [-0.1, -0.05) is 36.4 Å². The first kappa shape index (κ1) is 17.2. The highest BCUT2D eigenvalue weighted by Crippen LogP contribution is 2.15. The Bertz CT molecular complexity index is 748. The zero-order chi connectivity index (χ0) is 16.7. The predicted octanol–water partition coefficient (Wildman–Crippen LogP) is 3.05. The molecule has 2 aromatic rings. The number of sulfone groups is 1. The summed E-state index contributed by atoms with van der Waals surface area (Å²) in [5.74, 6) is 0. The normalized spacial score (nSPS) is 11.7. The zero-order valence-corrected chi connectivity index (χ0v) is 13.9. The monoisotopic (exact) mass is 331 g/mol. The maximum absolute atomic E-state index is 11.4. The van der Waals surface area contributed by atoms with Crippen molar-refractivity contribution in [3.05, 3.63) is 59.7 Å². The number of hydrogen-bond acceptors (Lipinski definition) is 4. The topological polar surface area (TPSA) is 66.4 Å². The molecule has 0 amide bonds. The van der Waals surface area contributed by atoms with E-state index in [-0.39, 0.29) is 6.61 Å². The molecule has 5 heteroatoms. The van der Waals surface area contributed by atoms with E-state index in [9.17, 15) is 8.42 Å². The van der Waals surface area contributed by atoms with Crippen molar-refractivity contribution in [3.8, 4) is 0 Å². The molecule has 0 saturated heterocycles. The highest BCUT2D eigenvalue weighted by Gasteiger charge is 2.04. The Morgan fingerprint density at radius 1 is 0.957 bits per heavy atom. The molecule has 0 unspecified atom stereocenters. The average molecular weight is 331 g/mol. The lowest BCUT2D eigenvalue weighted by Gasteiger charge is -2.05. The van der Waals surface area contributed by atoms with E-state index < -0.39 is 9.84 Å². The van der Waals surface area contributed by atoms with Crippen LogP contribution >= 0.6 is 0 Å². The lowest BCUT2D eigenvalue weighted by molar-refractivity contribution is 0.292. The molecule has 2 rings (SSSR count). The van der Waals surface area contributed by atoms with Crippen molar-refractivity contribution in [2.75, 3.05) is 24.7 Å². The summed E-state index contributed by atoms with van der Waals surface area (Å²) in [6.45, 7) is 0.935. The fourth-order valence-electron chi connectivity index (χ4n) is 2.04. The van der Waals surface area contributed by atoms with Crippen LogP contribution < -0.4 is 5.32 Å². The molecule has 2 aromatic carbocycles. The van der Waals surface area contributed by atoms with Gasteiger partial charge in [0, 0.05) is 25.1 Å². The molecule has 0 saturated carbocycles. The molecule has 0 aliphatic rings. The van der Waals surface area contributed by atoms with Crippen molar-refractivity contribution in [2.45, 2.75) is 11.3 Å². The standard InChI is InChI=1S/C18H21NO3S/c1-23(21,22)18-11-7-16(8-12-18)4-3-15-5-9-17(10-6-15)19-13-2-14-20/h3-12,19-20H,2,13-14H2,1H3. The van der Waals surface area contributed by atoms with E-state index in [1.807, 2.05) is 36.4 Å². The van der Waals surface area contributed by atoms with Crippen molar-refractivity contribution in [3.63, 3.8) is 0 Å². The highest BCUT2D eigenvalue weighted by molar-refractivity contribution is 7.90. The second-order valence-corrected chi connectivity index (χ2v) is 7.32. The van der Waals surface area contributed by atoms with E-state index in [2.05, 4.69) is 5.32 Å². The smallest absolute Gasteiger partial charge is 0.175 e. The summed E-state index contributed by atoms with van der Waals surface area (Å²) in [5, 5.41) is 12.0. The molecule has 0 atom stereocenters. The van der Waals surface area contributed by atoms with Gasteiger partial charge in [-0.3, -0.25) is 0 Å². The molecule has 0 aromatic heterocycles. The number of benzene rings is 2. The first-order valence-electron chi connectivity index (χ1n) is 7.42. The quantitative estimate of drug-likeness (QED) is 0.604. The van der Waals surface area contributed by atoms with Gasteiger partial charge in [-0.2, -0.15) is 0 Å². The molecule has 0 heterocycles. The molecule has 0 aliphatic carbocycles. The van der Waals surface area contributed by atoms with Gasteiger partial charge in [0.25, 0.3) is 0 Å². The Morgan fingerprint density at radius 3 is 1.96 bits per heavy atom. The number of aliphatic hydroxyl groups is 1. The second kappa shape index (κ2) is 7.94. The van der Waals surface area contributed by atoms with E-state index in [0.717, 1.165) is 29.8 Å². The van der Waals surface area contributed by atoms with Crippen molar-refractivity contribution in [2.24, 2.45) is 0 Å². The van der Waals surface area contributed by atoms with Crippen LogP contribution in [0.2, 0.25) is 0 Å². The number of anilines is 1. The minimum Gasteiger partial charge on any atom is -0.396 e. The van der Waals surface area contributed by atoms with Gasteiger partial charge in [-0.15, -0.1) is 0 Å².